The minimum absolute atomic E-state index is 0.249. The van der Waals surface area contributed by atoms with Crippen LogP contribution < -0.4 is 15.6 Å². The van der Waals surface area contributed by atoms with Gasteiger partial charge >= 0.3 is 5.97 Å². The number of hydrogen-bond acceptors (Lipinski definition) is 5. The third kappa shape index (κ3) is 6.43. The number of carbonyl (C=O) groups excluding carboxylic acids is 3. The topological polar surface area (TPSA) is 93.7 Å². The monoisotopic (exact) mass is 418 g/mol. The molecule has 0 fully saturated rings. The summed E-state index contributed by atoms with van der Waals surface area (Å²) in [4.78, 5) is 36.5. The second-order valence-electron chi connectivity index (χ2n) is 6.66. The molecule has 0 aliphatic carbocycles. The summed E-state index contributed by atoms with van der Waals surface area (Å²) in [5.74, 6) is -1.31. The van der Waals surface area contributed by atoms with E-state index in [-0.39, 0.29) is 5.56 Å². The van der Waals surface area contributed by atoms with E-state index < -0.39 is 23.9 Å². The van der Waals surface area contributed by atoms with Gasteiger partial charge in [0.1, 0.15) is 12.4 Å². The molecular formula is C24H22N2O5. The molecular weight excluding hydrogens is 396 g/mol. The summed E-state index contributed by atoms with van der Waals surface area (Å²) >= 11 is 0. The first kappa shape index (κ1) is 21.6. The number of carbonyl (C=O) groups is 3. The van der Waals surface area contributed by atoms with Crippen molar-refractivity contribution in [3.8, 4) is 5.75 Å². The van der Waals surface area contributed by atoms with Gasteiger partial charge in [-0.1, -0.05) is 54.6 Å². The highest BCUT2D eigenvalue weighted by molar-refractivity contribution is 5.96. The standard InChI is InChI=1S/C24H22N2O5/c1-17(22(27)25-26-23(28)19-11-6-3-7-12-19)31-24(29)20-13-8-14-21(15-20)30-16-18-9-4-2-5-10-18/h2-15,17H,16H2,1H3,(H,25,27)(H,26,28)/t17-/m0/s1. The zero-order chi connectivity index (χ0) is 22.1. The molecule has 0 radical (unpaired) electrons. The van der Waals surface area contributed by atoms with Gasteiger partial charge in [0.15, 0.2) is 6.10 Å². The fourth-order valence-electron chi connectivity index (χ4n) is 2.62. The molecule has 0 aromatic heterocycles. The van der Waals surface area contributed by atoms with Gasteiger partial charge in [0.05, 0.1) is 5.56 Å². The van der Waals surface area contributed by atoms with Crippen LogP contribution in [0.25, 0.3) is 0 Å². The predicted octanol–water partition coefficient (Wildman–Crippen LogP) is 3.27. The Morgan fingerprint density at radius 3 is 2.16 bits per heavy atom. The van der Waals surface area contributed by atoms with Gasteiger partial charge in [0.25, 0.3) is 11.8 Å². The van der Waals surface area contributed by atoms with Crippen molar-refractivity contribution < 1.29 is 23.9 Å². The number of hydrazine groups is 1. The molecule has 3 aromatic carbocycles. The molecule has 0 saturated heterocycles. The summed E-state index contributed by atoms with van der Waals surface area (Å²) < 4.78 is 10.9. The lowest BCUT2D eigenvalue weighted by atomic mass is 10.2. The van der Waals surface area contributed by atoms with E-state index in [1.54, 1.807) is 54.6 Å². The Bertz CT molecular complexity index is 1040. The average molecular weight is 418 g/mol. The van der Waals surface area contributed by atoms with Crippen LogP contribution in [-0.2, 0) is 16.1 Å². The van der Waals surface area contributed by atoms with Crippen LogP contribution in [0.3, 0.4) is 0 Å². The Hall–Kier alpha value is -4.13. The third-order valence-electron chi connectivity index (χ3n) is 4.31. The number of ether oxygens (including phenoxy) is 2. The van der Waals surface area contributed by atoms with Crippen molar-refractivity contribution in [2.24, 2.45) is 0 Å². The molecule has 0 heterocycles. The van der Waals surface area contributed by atoms with Crippen LogP contribution in [0.4, 0.5) is 0 Å². The highest BCUT2D eigenvalue weighted by atomic mass is 16.5. The van der Waals surface area contributed by atoms with Crippen molar-refractivity contribution in [3.05, 3.63) is 102 Å². The minimum Gasteiger partial charge on any atom is -0.489 e. The van der Waals surface area contributed by atoms with Gasteiger partial charge in [-0.15, -0.1) is 0 Å². The molecule has 0 spiro atoms. The number of benzene rings is 3. The largest absolute Gasteiger partial charge is 0.489 e. The van der Waals surface area contributed by atoms with E-state index in [4.69, 9.17) is 9.47 Å². The Balaban J connectivity index is 1.50. The fourth-order valence-corrected chi connectivity index (χ4v) is 2.62. The average Bonchev–Trinajstić information content (AvgIpc) is 2.82. The molecule has 1 atom stereocenters. The zero-order valence-electron chi connectivity index (χ0n) is 16.9. The molecule has 7 heteroatoms. The van der Waals surface area contributed by atoms with E-state index in [1.807, 2.05) is 30.3 Å². The maximum absolute atomic E-state index is 12.4. The van der Waals surface area contributed by atoms with Crippen molar-refractivity contribution in [2.75, 3.05) is 0 Å². The highest BCUT2D eigenvalue weighted by Gasteiger charge is 2.20. The van der Waals surface area contributed by atoms with E-state index in [0.29, 0.717) is 17.9 Å². The first-order valence-electron chi connectivity index (χ1n) is 9.66. The summed E-state index contributed by atoms with van der Waals surface area (Å²) in [5.41, 5.74) is 6.17. The molecule has 2 N–H and O–H groups in total. The quantitative estimate of drug-likeness (QED) is 0.454. The molecule has 31 heavy (non-hydrogen) atoms. The molecule has 7 nitrogen and oxygen atoms in total. The van der Waals surface area contributed by atoms with Crippen LogP contribution in [0.1, 0.15) is 33.2 Å². The second kappa shape index (κ2) is 10.6. The summed E-state index contributed by atoms with van der Waals surface area (Å²) in [6.45, 7) is 1.77. The van der Waals surface area contributed by atoms with E-state index >= 15 is 0 Å². The van der Waals surface area contributed by atoms with Crippen molar-refractivity contribution in [3.63, 3.8) is 0 Å². The molecule has 158 valence electrons. The lowest BCUT2D eigenvalue weighted by Gasteiger charge is -2.14. The summed E-state index contributed by atoms with van der Waals surface area (Å²) in [5, 5.41) is 0. The van der Waals surface area contributed by atoms with Crippen LogP contribution in [0.2, 0.25) is 0 Å². The molecule has 0 aliphatic heterocycles. The fraction of sp³-hybridized carbons (Fsp3) is 0.125. The maximum Gasteiger partial charge on any atom is 0.339 e. The molecule has 3 rings (SSSR count). The van der Waals surface area contributed by atoms with Gasteiger partial charge in [-0.05, 0) is 42.8 Å². The summed E-state index contributed by atoms with van der Waals surface area (Å²) in [6, 6.07) is 24.6. The highest BCUT2D eigenvalue weighted by Crippen LogP contribution is 2.16. The van der Waals surface area contributed by atoms with E-state index in [2.05, 4.69) is 10.9 Å². The van der Waals surface area contributed by atoms with E-state index in [1.165, 1.54) is 6.92 Å². The maximum atomic E-state index is 12.4. The van der Waals surface area contributed by atoms with Crippen LogP contribution >= 0.6 is 0 Å². The Morgan fingerprint density at radius 2 is 1.45 bits per heavy atom. The van der Waals surface area contributed by atoms with Crippen molar-refractivity contribution in [1.82, 2.24) is 10.9 Å². The number of hydrogen-bond donors (Lipinski definition) is 2. The lowest BCUT2D eigenvalue weighted by Crippen LogP contribution is -2.46. The van der Waals surface area contributed by atoms with Gasteiger partial charge in [-0.3, -0.25) is 20.4 Å². The second-order valence-corrected chi connectivity index (χ2v) is 6.66. The van der Waals surface area contributed by atoms with Gasteiger partial charge < -0.3 is 9.47 Å². The smallest absolute Gasteiger partial charge is 0.339 e. The molecule has 0 saturated carbocycles. The van der Waals surface area contributed by atoms with Gasteiger partial charge in [0, 0.05) is 5.56 Å². The minimum atomic E-state index is -1.11. The van der Waals surface area contributed by atoms with Gasteiger partial charge in [-0.2, -0.15) is 0 Å². The van der Waals surface area contributed by atoms with E-state index in [0.717, 1.165) is 5.56 Å². The third-order valence-corrected chi connectivity index (χ3v) is 4.31. The van der Waals surface area contributed by atoms with E-state index in [9.17, 15) is 14.4 Å². The number of amides is 2. The molecule has 0 bridgehead atoms. The van der Waals surface area contributed by atoms with Crippen LogP contribution in [0, 0.1) is 0 Å². The predicted molar refractivity (Wildman–Crippen MR) is 114 cm³/mol. The van der Waals surface area contributed by atoms with Crippen LogP contribution in [0.15, 0.2) is 84.9 Å². The number of esters is 1. The van der Waals surface area contributed by atoms with Crippen LogP contribution in [0.5, 0.6) is 5.75 Å². The van der Waals surface area contributed by atoms with Crippen LogP contribution in [-0.4, -0.2) is 23.9 Å². The lowest BCUT2D eigenvalue weighted by molar-refractivity contribution is -0.129. The Kier molecular flexibility index (Phi) is 7.37. The normalized spacial score (nSPS) is 11.1. The van der Waals surface area contributed by atoms with Crippen molar-refractivity contribution in [2.45, 2.75) is 19.6 Å². The zero-order valence-corrected chi connectivity index (χ0v) is 16.9. The van der Waals surface area contributed by atoms with Crippen molar-refractivity contribution in [1.29, 1.82) is 0 Å². The Labute approximate surface area is 180 Å². The summed E-state index contributed by atoms with van der Waals surface area (Å²) in [7, 11) is 0. The van der Waals surface area contributed by atoms with Gasteiger partial charge in [0.2, 0.25) is 0 Å². The first-order chi connectivity index (χ1) is 15.0. The molecule has 2 amide bonds. The SMILES string of the molecule is C[C@H](OC(=O)c1cccc(OCc2ccccc2)c1)C(=O)NNC(=O)c1ccccc1. The summed E-state index contributed by atoms with van der Waals surface area (Å²) in [6.07, 6.45) is -1.11. The number of rotatable bonds is 7. The van der Waals surface area contributed by atoms with Crippen molar-refractivity contribution >= 4 is 17.8 Å². The van der Waals surface area contributed by atoms with Gasteiger partial charge in [-0.25, -0.2) is 4.79 Å². The number of nitrogens with one attached hydrogen (secondary N) is 2. The molecule has 0 unspecified atom stereocenters. The Morgan fingerprint density at radius 1 is 0.806 bits per heavy atom. The molecule has 0 aliphatic rings. The first-order valence-corrected chi connectivity index (χ1v) is 9.66. The molecule has 3 aromatic rings.